The largest absolute Gasteiger partial charge is 0.479 e. The maximum Gasteiger partial charge on any atom is 0.266 e. The van der Waals surface area contributed by atoms with Crippen LogP contribution in [0.5, 0.6) is 5.75 Å². The Balaban J connectivity index is 1.83. The summed E-state index contributed by atoms with van der Waals surface area (Å²) in [5, 5.41) is 0. The van der Waals surface area contributed by atoms with Crippen molar-refractivity contribution in [1.82, 2.24) is 4.90 Å². The highest BCUT2D eigenvalue weighted by atomic mass is 127. The fourth-order valence-electron chi connectivity index (χ4n) is 3.20. The quantitative estimate of drug-likeness (QED) is 0.197. The Labute approximate surface area is 191 Å². The third-order valence-corrected chi connectivity index (χ3v) is 7.31. The Morgan fingerprint density at radius 2 is 1.96 bits per heavy atom. The van der Waals surface area contributed by atoms with Gasteiger partial charge >= 0.3 is 0 Å². The lowest BCUT2D eigenvalue weighted by molar-refractivity contribution is -0.124. The molecule has 1 saturated carbocycles. The zero-order valence-electron chi connectivity index (χ0n) is 14.0. The fraction of sp³-hybridized carbons (Fsp3) is 0.368. The van der Waals surface area contributed by atoms with Gasteiger partial charge in [-0.1, -0.05) is 49.2 Å². The second-order valence-electron chi connectivity index (χ2n) is 6.15. The molecule has 0 aromatic heterocycles. The summed E-state index contributed by atoms with van der Waals surface area (Å²) in [6.07, 6.45) is 12.9. The lowest BCUT2D eigenvalue weighted by Crippen LogP contribution is -2.39. The number of amides is 1. The Kier molecular flexibility index (Phi) is 7.27. The van der Waals surface area contributed by atoms with Crippen LogP contribution >= 0.6 is 69.2 Å². The molecule has 7 heteroatoms. The zero-order chi connectivity index (χ0) is 18.7. The van der Waals surface area contributed by atoms with Gasteiger partial charge in [-0.05, 0) is 81.8 Å². The SMILES string of the molecule is C#CCOc1c(I)cc(/C=C2/SC(=S)N(C3CCCCC3)C2=O)cc1I. The number of terminal acetylenes is 1. The highest BCUT2D eigenvalue weighted by Gasteiger charge is 2.37. The van der Waals surface area contributed by atoms with E-state index in [0.29, 0.717) is 9.23 Å². The van der Waals surface area contributed by atoms with Crippen molar-refractivity contribution in [3.63, 3.8) is 0 Å². The molecule has 1 aromatic rings. The molecule has 2 fully saturated rings. The molecular formula is C19H17I2NO2S2. The second-order valence-corrected chi connectivity index (χ2v) is 10.2. The van der Waals surface area contributed by atoms with Gasteiger partial charge in [0.05, 0.1) is 12.0 Å². The summed E-state index contributed by atoms with van der Waals surface area (Å²) in [6.45, 7) is 0.241. The number of carbonyl (C=O) groups is 1. The van der Waals surface area contributed by atoms with E-state index < -0.39 is 0 Å². The summed E-state index contributed by atoms with van der Waals surface area (Å²) in [5.41, 5.74) is 0.969. The number of nitrogens with zero attached hydrogens (tertiary/aromatic N) is 1. The van der Waals surface area contributed by atoms with Gasteiger partial charge in [0.15, 0.2) is 0 Å². The first kappa shape index (κ1) is 20.4. The lowest BCUT2D eigenvalue weighted by Gasteiger charge is -2.29. The molecule has 0 N–H and O–H groups in total. The minimum Gasteiger partial charge on any atom is -0.479 e. The molecule has 1 aromatic carbocycles. The van der Waals surface area contributed by atoms with E-state index in [1.54, 1.807) is 0 Å². The van der Waals surface area contributed by atoms with Crippen molar-refractivity contribution in [3.05, 3.63) is 29.7 Å². The molecule has 0 bridgehead atoms. The van der Waals surface area contributed by atoms with Gasteiger partial charge in [-0.25, -0.2) is 0 Å². The van der Waals surface area contributed by atoms with Gasteiger partial charge < -0.3 is 4.74 Å². The highest BCUT2D eigenvalue weighted by Crippen LogP contribution is 2.38. The predicted molar refractivity (Wildman–Crippen MR) is 128 cm³/mol. The average molecular weight is 609 g/mol. The monoisotopic (exact) mass is 609 g/mol. The third kappa shape index (κ3) is 4.56. The fourth-order valence-corrected chi connectivity index (χ4v) is 6.73. The minimum atomic E-state index is 0.0459. The Morgan fingerprint density at radius 1 is 1.31 bits per heavy atom. The van der Waals surface area contributed by atoms with E-state index in [0.717, 1.165) is 31.3 Å². The predicted octanol–water partition coefficient (Wildman–Crippen LogP) is 5.44. The smallest absolute Gasteiger partial charge is 0.266 e. The van der Waals surface area contributed by atoms with Gasteiger partial charge in [0.2, 0.25) is 0 Å². The van der Waals surface area contributed by atoms with E-state index in [1.807, 2.05) is 23.1 Å². The summed E-state index contributed by atoms with van der Waals surface area (Å²) in [5.74, 6) is 3.32. The van der Waals surface area contributed by atoms with Gasteiger partial charge in [-0.2, -0.15) is 0 Å². The molecule has 3 rings (SSSR count). The van der Waals surface area contributed by atoms with E-state index in [2.05, 4.69) is 51.1 Å². The van der Waals surface area contributed by atoms with Gasteiger partial charge in [0.1, 0.15) is 16.7 Å². The standard InChI is InChI=1S/C19H17I2NO2S2/c1-2-8-24-17-14(20)9-12(10-15(17)21)11-16-18(23)22(19(25)26-16)13-6-4-3-5-7-13/h1,9-11,13H,3-8H2/b16-11+. The Bertz CT molecular complexity index is 787. The number of hydrogen-bond donors (Lipinski definition) is 0. The summed E-state index contributed by atoms with van der Waals surface area (Å²) in [6, 6.07) is 4.27. The molecule has 1 aliphatic carbocycles. The third-order valence-electron chi connectivity index (χ3n) is 4.38. The maximum absolute atomic E-state index is 12.9. The zero-order valence-corrected chi connectivity index (χ0v) is 19.9. The van der Waals surface area contributed by atoms with Crippen LogP contribution in [0, 0.1) is 19.5 Å². The topological polar surface area (TPSA) is 29.5 Å². The van der Waals surface area contributed by atoms with E-state index in [-0.39, 0.29) is 18.6 Å². The van der Waals surface area contributed by atoms with Gasteiger partial charge in [0, 0.05) is 6.04 Å². The van der Waals surface area contributed by atoms with E-state index in [1.165, 1.54) is 31.0 Å². The second kappa shape index (κ2) is 9.26. The van der Waals surface area contributed by atoms with Crippen molar-refractivity contribution in [2.24, 2.45) is 0 Å². The molecular weight excluding hydrogens is 592 g/mol. The number of benzene rings is 1. The Morgan fingerprint density at radius 3 is 2.58 bits per heavy atom. The molecule has 2 aliphatic rings. The minimum absolute atomic E-state index is 0.0459. The summed E-state index contributed by atoms with van der Waals surface area (Å²) in [7, 11) is 0. The Hall–Kier alpha value is -0.310. The van der Waals surface area contributed by atoms with Crippen LogP contribution in [0.3, 0.4) is 0 Å². The molecule has 1 saturated heterocycles. The number of rotatable bonds is 4. The van der Waals surface area contributed by atoms with Crippen LogP contribution in [-0.2, 0) is 4.79 Å². The number of carbonyl (C=O) groups excluding carboxylic acids is 1. The van der Waals surface area contributed by atoms with Crippen LogP contribution in [0.1, 0.15) is 37.7 Å². The van der Waals surface area contributed by atoms with Crippen LogP contribution in [-0.4, -0.2) is 27.8 Å². The first-order chi connectivity index (χ1) is 12.5. The number of halogens is 2. The summed E-state index contributed by atoms with van der Waals surface area (Å²) >= 11 is 11.4. The summed E-state index contributed by atoms with van der Waals surface area (Å²) < 4.78 is 8.23. The van der Waals surface area contributed by atoms with Crippen LogP contribution in [0.2, 0.25) is 0 Å². The van der Waals surface area contributed by atoms with Crippen LogP contribution < -0.4 is 4.74 Å². The maximum atomic E-state index is 12.9. The number of ether oxygens (including phenoxy) is 1. The molecule has 0 unspecified atom stereocenters. The number of thiocarbonyl (C=S) groups is 1. The molecule has 3 nitrogen and oxygen atoms in total. The molecule has 0 spiro atoms. The van der Waals surface area contributed by atoms with E-state index in [4.69, 9.17) is 23.4 Å². The van der Waals surface area contributed by atoms with Crippen molar-refractivity contribution in [2.75, 3.05) is 6.61 Å². The van der Waals surface area contributed by atoms with Crippen molar-refractivity contribution in [2.45, 2.75) is 38.1 Å². The normalized spacial score (nSPS) is 19.9. The van der Waals surface area contributed by atoms with Crippen molar-refractivity contribution in [1.29, 1.82) is 0 Å². The molecule has 0 atom stereocenters. The average Bonchev–Trinajstić information content (AvgIpc) is 2.88. The molecule has 1 amide bonds. The van der Waals surface area contributed by atoms with Gasteiger partial charge in [-0.15, -0.1) is 6.42 Å². The molecule has 1 aliphatic heterocycles. The van der Waals surface area contributed by atoms with Crippen LogP contribution in [0.25, 0.3) is 6.08 Å². The first-order valence-corrected chi connectivity index (χ1v) is 11.7. The van der Waals surface area contributed by atoms with Crippen molar-refractivity contribution >= 4 is 85.5 Å². The lowest BCUT2D eigenvalue weighted by atomic mass is 9.94. The first-order valence-electron chi connectivity index (χ1n) is 8.33. The number of thioether (sulfide) groups is 1. The summed E-state index contributed by atoms with van der Waals surface area (Å²) in [4.78, 5) is 15.4. The molecule has 1 heterocycles. The highest BCUT2D eigenvalue weighted by molar-refractivity contribution is 14.1. The van der Waals surface area contributed by atoms with Crippen molar-refractivity contribution < 1.29 is 9.53 Å². The van der Waals surface area contributed by atoms with E-state index >= 15 is 0 Å². The number of hydrogen-bond acceptors (Lipinski definition) is 4. The van der Waals surface area contributed by atoms with Crippen LogP contribution in [0.15, 0.2) is 17.0 Å². The van der Waals surface area contributed by atoms with Crippen LogP contribution in [0.4, 0.5) is 0 Å². The molecule has 0 radical (unpaired) electrons. The molecule has 26 heavy (non-hydrogen) atoms. The van der Waals surface area contributed by atoms with Gasteiger partial charge in [0.25, 0.3) is 5.91 Å². The van der Waals surface area contributed by atoms with Crippen molar-refractivity contribution in [3.8, 4) is 18.1 Å². The molecule has 136 valence electrons. The van der Waals surface area contributed by atoms with Gasteiger partial charge in [-0.3, -0.25) is 9.69 Å². The van der Waals surface area contributed by atoms with E-state index in [9.17, 15) is 4.79 Å².